The van der Waals surface area contributed by atoms with Gasteiger partial charge in [-0.05, 0) is 62.1 Å². The number of allylic oxidation sites excluding steroid dienone is 1. The van der Waals surface area contributed by atoms with Gasteiger partial charge in [-0.1, -0.05) is 17.7 Å². The largest absolute Gasteiger partial charge is 0.335 e. The molecule has 1 aromatic carbocycles. The number of carbonyl (C=O) groups is 1. The van der Waals surface area contributed by atoms with Gasteiger partial charge >= 0.3 is 0 Å². The third-order valence-corrected chi connectivity index (χ3v) is 5.90. The SMILES string of the molecule is CC(c1cccc(S(N)(=O)=O)c1)N(C)C(=O)C=C(C1CC1)C1CC1. The molecular weight excluding hydrogens is 324 g/mol. The smallest absolute Gasteiger partial charge is 0.246 e. The molecule has 0 radical (unpaired) electrons. The quantitative estimate of drug-likeness (QED) is 0.802. The standard InChI is InChI=1S/C18H24N2O3S/c1-12(15-4-3-5-16(10-15)24(19,22)23)20(2)18(21)11-17(13-6-7-13)14-8-9-14/h3-5,10-14H,6-9H2,1-2H3,(H2,19,22,23). The molecule has 2 fully saturated rings. The number of primary sulfonamides is 1. The van der Waals surface area contributed by atoms with Crippen molar-refractivity contribution >= 4 is 15.9 Å². The first kappa shape index (κ1) is 17.2. The summed E-state index contributed by atoms with van der Waals surface area (Å²) in [5.74, 6) is 1.20. The van der Waals surface area contributed by atoms with Crippen molar-refractivity contribution < 1.29 is 13.2 Å². The maximum Gasteiger partial charge on any atom is 0.246 e. The molecule has 0 spiro atoms. The summed E-state index contributed by atoms with van der Waals surface area (Å²) in [7, 11) is -1.99. The second-order valence-corrected chi connectivity index (χ2v) is 8.50. The third kappa shape index (κ3) is 3.87. The lowest BCUT2D eigenvalue weighted by atomic mass is 10.0. The second kappa shape index (κ2) is 6.33. The van der Waals surface area contributed by atoms with E-state index >= 15 is 0 Å². The second-order valence-electron chi connectivity index (χ2n) is 6.94. The van der Waals surface area contributed by atoms with Crippen molar-refractivity contribution in [2.45, 2.75) is 43.5 Å². The number of likely N-dealkylation sites (N-methyl/N-ethyl adjacent to an activating group) is 1. The van der Waals surface area contributed by atoms with Crippen LogP contribution in [-0.2, 0) is 14.8 Å². The van der Waals surface area contributed by atoms with Crippen LogP contribution in [0.1, 0.15) is 44.2 Å². The van der Waals surface area contributed by atoms with Crippen molar-refractivity contribution in [3.05, 3.63) is 41.5 Å². The van der Waals surface area contributed by atoms with Crippen molar-refractivity contribution in [1.29, 1.82) is 0 Å². The monoisotopic (exact) mass is 348 g/mol. The van der Waals surface area contributed by atoms with E-state index in [0.717, 1.165) is 5.56 Å². The van der Waals surface area contributed by atoms with E-state index in [0.29, 0.717) is 11.8 Å². The lowest BCUT2D eigenvalue weighted by Gasteiger charge is -2.25. The van der Waals surface area contributed by atoms with Crippen LogP contribution in [0, 0.1) is 11.8 Å². The number of amides is 1. The molecule has 0 bridgehead atoms. The van der Waals surface area contributed by atoms with E-state index in [4.69, 9.17) is 5.14 Å². The fraction of sp³-hybridized carbons (Fsp3) is 0.500. The number of rotatable bonds is 6. The van der Waals surface area contributed by atoms with Crippen LogP contribution in [0.4, 0.5) is 0 Å². The Kier molecular flexibility index (Phi) is 4.53. The van der Waals surface area contributed by atoms with E-state index in [1.165, 1.54) is 43.4 Å². The predicted molar refractivity (Wildman–Crippen MR) is 92.5 cm³/mol. The predicted octanol–water partition coefficient (Wildman–Crippen LogP) is 2.60. The highest BCUT2D eigenvalue weighted by atomic mass is 32.2. The Morgan fingerprint density at radius 2 is 1.83 bits per heavy atom. The minimum atomic E-state index is -3.75. The molecule has 0 aliphatic heterocycles. The molecule has 1 aromatic rings. The Bertz CT molecular complexity index is 763. The molecule has 2 aliphatic rings. The van der Waals surface area contributed by atoms with Crippen LogP contribution in [0.3, 0.4) is 0 Å². The Balaban J connectivity index is 1.78. The summed E-state index contributed by atoms with van der Waals surface area (Å²) < 4.78 is 23.0. The Labute approximate surface area is 143 Å². The first-order valence-corrected chi connectivity index (χ1v) is 9.93. The summed E-state index contributed by atoms with van der Waals surface area (Å²) in [5.41, 5.74) is 2.07. The molecule has 0 saturated heterocycles. The molecule has 2 saturated carbocycles. The van der Waals surface area contributed by atoms with E-state index in [9.17, 15) is 13.2 Å². The highest BCUT2D eigenvalue weighted by molar-refractivity contribution is 7.89. The molecule has 1 atom stereocenters. The van der Waals surface area contributed by atoms with Gasteiger partial charge in [-0.3, -0.25) is 4.79 Å². The molecule has 1 unspecified atom stereocenters. The Morgan fingerprint density at radius 1 is 1.25 bits per heavy atom. The summed E-state index contributed by atoms with van der Waals surface area (Å²) in [5, 5.41) is 5.19. The van der Waals surface area contributed by atoms with Crippen molar-refractivity contribution in [2.24, 2.45) is 17.0 Å². The van der Waals surface area contributed by atoms with Crippen molar-refractivity contribution in [2.75, 3.05) is 7.05 Å². The van der Waals surface area contributed by atoms with Crippen LogP contribution in [0.2, 0.25) is 0 Å². The van der Waals surface area contributed by atoms with E-state index < -0.39 is 10.0 Å². The molecule has 130 valence electrons. The number of benzene rings is 1. The lowest BCUT2D eigenvalue weighted by Crippen LogP contribution is -2.28. The third-order valence-electron chi connectivity index (χ3n) is 4.99. The number of nitrogens with two attached hydrogens (primary N) is 1. The maximum absolute atomic E-state index is 12.6. The molecule has 24 heavy (non-hydrogen) atoms. The number of nitrogens with zero attached hydrogens (tertiary/aromatic N) is 1. The maximum atomic E-state index is 12.6. The van der Waals surface area contributed by atoms with Crippen LogP contribution in [-0.4, -0.2) is 26.3 Å². The highest BCUT2D eigenvalue weighted by Crippen LogP contribution is 2.48. The topological polar surface area (TPSA) is 80.5 Å². The van der Waals surface area contributed by atoms with Gasteiger partial charge in [0.25, 0.3) is 0 Å². The molecule has 2 aliphatic carbocycles. The van der Waals surface area contributed by atoms with Gasteiger partial charge in [0.15, 0.2) is 0 Å². The van der Waals surface area contributed by atoms with Gasteiger partial charge in [0.2, 0.25) is 15.9 Å². The zero-order valence-electron chi connectivity index (χ0n) is 14.1. The first-order valence-electron chi connectivity index (χ1n) is 8.38. The zero-order chi connectivity index (χ0) is 17.5. The number of sulfonamides is 1. The normalized spacial score (nSPS) is 18.8. The van der Waals surface area contributed by atoms with Crippen molar-refractivity contribution in [1.82, 2.24) is 4.90 Å². The summed E-state index contributed by atoms with van der Waals surface area (Å²) >= 11 is 0. The molecule has 3 rings (SSSR count). The first-order chi connectivity index (χ1) is 11.3. The van der Waals surface area contributed by atoms with E-state index in [-0.39, 0.29) is 16.8 Å². The van der Waals surface area contributed by atoms with Crippen molar-refractivity contribution in [3.8, 4) is 0 Å². The molecule has 1 amide bonds. The van der Waals surface area contributed by atoms with Gasteiger partial charge in [-0.25, -0.2) is 13.6 Å². The Morgan fingerprint density at radius 3 is 2.33 bits per heavy atom. The van der Waals surface area contributed by atoms with Crippen LogP contribution < -0.4 is 5.14 Å². The fourth-order valence-corrected chi connectivity index (χ4v) is 3.58. The van der Waals surface area contributed by atoms with Crippen LogP contribution in [0.25, 0.3) is 0 Å². The average molecular weight is 348 g/mol. The van der Waals surface area contributed by atoms with Crippen molar-refractivity contribution in [3.63, 3.8) is 0 Å². The Hall–Kier alpha value is -1.66. The minimum Gasteiger partial charge on any atom is -0.335 e. The van der Waals surface area contributed by atoms with E-state index in [2.05, 4.69) is 0 Å². The molecule has 5 nitrogen and oxygen atoms in total. The summed E-state index contributed by atoms with van der Waals surface area (Å²) in [4.78, 5) is 14.4. The summed E-state index contributed by atoms with van der Waals surface area (Å²) in [6, 6.07) is 6.24. The fourth-order valence-electron chi connectivity index (χ4n) is 3.01. The number of hydrogen-bond donors (Lipinski definition) is 1. The van der Waals surface area contributed by atoms with E-state index in [1.54, 1.807) is 18.0 Å². The molecule has 0 heterocycles. The average Bonchev–Trinajstić information content (AvgIpc) is 3.43. The van der Waals surface area contributed by atoms with Gasteiger partial charge in [0, 0.05) is 13.1 Å². The van der Waals surface area contributed by atoms with Gasteiger partial charge in [-0.2, -0.15) is 0 Å². The summed E-state index contributed by atoms with van der Waals surface area (Å²) in [6.45, 7) is 1.89. The number of carbonyl (C=O) groups excluding carboxylic acids is 1. The van der Waals surface area contributed by atoms with Crippen LogP contribution in [0.15, 0.2) is 40.8 Å². The van der Waals surface area contributed by atoms with Gasteiger partial charge in [0.05, 0.1) is 10.9 Å². The number of hydrogen-bond acceptors (Lipinski definition) is 3. The minimum absolute atomic E-state index is 0.0164. The molecular formula is C18H24N2O3S. The van der Waals surface area contributed by atoms with E-state index in [1.807, 2.05) is 19.1 Å². The van der Waals surface area contributed by atoms with Gasteiger partial charge in [-0.15, -0.1) is 0 Å². The van der Waals surface area contributed by atoms with Gasteiger partial charge < -0.3 is 4.90 Å². The molecule has 6 heteroatoms. The lowest BCUT2D eigenvalue weighted by molar-refractivity contribution is -0.126. The van der Waals surface area contributed by atoms with Gasteiger partial charge in [0.1, 0.15) is 0 Å². The van der Waals surface area contributed by atoms with Crippen LogP contribution >= 0.6 is 0 Å². The molecule has 2 N–H and O–H groups in total. The highest BCUT2D eigenvalue weighted by Gasteiger charge is 2.37. The van der Waals surface area contributed by atoms with Crippen LogP contribution in [0.5, 0.6) is 0 Å². The zero-order valence-corrected chi connectivity index (χ0v) is 14.9. The molecule has 0 aromatic heterocycles. The summed E-state index contributed by atoms with van der Waals surface area (Å²) in [6.07, 6.45) is 6.61.